The molecule has 2 aliphatic carbocycles. The van der Waals surface area contributed by atoms with Gasteiger partial charge < -0.3 is 5.32 Å². The van der Waals surface area contributed by atoms with E-state index in [1.165, 1.54) is 51.7 Å². The first-order valence-electron chi connectivity index (χ1n) is 7.99. The molecule has 0 saturated heterocycles. The van der Waals surface area contributed by atoms with Crippen LogP contribution in [-0.4, -0.2) is 36.6 Å². The molecule has 106 valence electrons. The molecule has 2 saturated carbocycles. The van der Waals surface area contributed by atoms with E-state index in [1.807, 2.05) is 0 Å². The number of nitrogens with zero attached hydrogens (tertiary/aromatic N) is 1. The maximum Gasteiger partial charge on any atom is 0.0110 e. The van der Waals surface area contributed by atoms with Gasteiger partial charge in [0, 0.05) is 25.2 Å². The van der Waals surface area contributed by atoms with Crippen molar-refractivity contribution in [2.45, 2.75) is 71.9 Å². The fourth-order valence-corrected chi connectivity index (χ4v) is 3.68. The van der Waals surface area contributed by atoms with Crippen molar-refractivity contribution in [3.63, 3.8) is 0 Å². The van der Waals surface area contributed by atoms with Gasteiger partial charge in [-0.25, -0.2) is 0 Å². The Kier molecular flexibility index (Phi) is 4.71. The van der Waals surface area contributed by atoms with E-state index in [2.05, 4.69) is 37.9 Å². The third kappa shape index (κ3) is 3.96. The van der Waals surface area contributed by atoms with E-state index in [4.69, 9.17) is 0 Å². The molecule has 0 bridgehead atoms. The number of hydrogen-bond donors (Lipinski definition) is 1. The Morgan fingerprint density at radius 1 is 1.22 bits per heavy atom. The van der Waals surface area contributed by atoms with Crippen molar-refractivity contribution < 1.29 is 0 Å². The first kappa shape index (κ1) is 14.3. The van der Waals surface area contributed by atoms with Crippen molar-refractivity contribution in [3.8, 4) is 0 Å². The van der Waals surface area contributed by atoms with Gasteiger partial charge in [-0.3, -0.25) is 4.90 Å². The molecule has 2 heteroatoms. The van der Waals surface area contributed by atoms with Crippen molar-refractivity contribution >= 4 is 0 Å². The van der Waals surface area contributed by atoms with Crippen molar-refractivity contribution in [1.29, 1.82) is 0 Å². The molecule has 0 aromatic heterocycles. The van der Waals surface area contributed by atoms with E-state index < -0.39 is 0 Å². The van der Waals surface area contributed by atoms with Gasteiger partial charge in [0.25, 0.3) is 0 Å². The number of nitrogens with one attached hydrogen (secondary N) is 1. The Hall–Kier alpha value is -0.0800. The van der Waals surface area contributed by atoms with Crippen molar-refractivity contribution in [1.82, 2.24) is 10.2 Å². The number of hydrogen-bond acceptors (Lipinski definition) is 2. The second kappa shape index (κ2) is 5.92. The fraction of sp³-hybridized carbons (Fsp3) is 1.00. The Morgan fingerprint density at radius 2 is 1.94 bits per heavy atom. The summed E-state index contributed by atoms with van der Waals surface area (Å²) in [6, 6.07) is 1.68. The van der Waals surface area contributed by atoms with Gasteiger partial charge in [-0.05, 0) is 50.0 Å². The van der Waals surface area contributed by atoms with Crippen LogP contribution >= 0.6 is 0 Å². The van der Waals surface area contributed by atoms with Crippen molar-refractivity contribution in [2.24, 2.45) is 11.3 Å². The van der Waals surface area contributed by atoms with Crippen LogP contribution in [0.25, 0.3) is 0 Å². The Balaban J connectivity index is 1.67. The zero-order valence-electron chi connectivity index (χ0n) is 12.8. The molecule has 0 heterocycles. The minimum atomic E-state index is 0.570. The third-order valence-corrected chi connectivity index (χ3v) is 4.97. The smallest absolute Gasteiger partial charge is 0.0110 e. The molecule has 2 atom stereocenters. The molecule has 2 unspecified atom stereocenters. The number of likely N-dealkylation sites (N-methyl/N-ethyl adjacent to an activating group) is 1. The highest BCUT2D eigenvalue weighted by atomic mass is 15.2. The van der Waals surface area contributed by atoms with Crippen LogP contribution in [0.15, 0.2) is 0 Å². The van der Waals surface area contributed by atoms with Gasteiger partial charge in [0.15, 0.2) is 0 Å². The summed E-state index contributed by atoms with van der Waals surface area (Å²) in [6.07, 6.45) is 6.99. The van der Waals surface area contributed by atoms with E-state index in [1.54, 1.807) is 0 Å². The lowest BCUT2D eigenvalue weighted by Gasteiger charge is -2.40. The zero-order valence-corrected chi connectivity index (χ0v) is 12.8. The largest absolute Gasteiger partial charge is 0.312 e. The van der Waals surface area contributed by atoms with E-state index in [9.17, 15) is 0 Å². The summed E-state index contributed by atoms with van der Waals surface area (Å²) >= 11 is 0. The first-order chi connectivity index (χ1) is 8.52. The van der Waals surface area contributed by atoms with Gasteiger partial charge in [0.05, 0.1) is 0 Å². The van der Waals surface area contributed by atoms with Gasteiger partial charge in [0.1, 0.15) is 0 Å². The van der Waals surface area contributed by atoms with E-state index >= 15 is 0 Å². The summed E-state index contributed by atoms with van der Waals surface area (Å²) in [5.41, 5.74) is 0.570. The minimum absolute atomic E-state index is 0.570. The van der Waals surface area contributed by atoms with Gasteiger partial charge in [0.2, 0.25) is 0 Å². The topological polar surface area (TPSA) is 15.3 Å². The Bertz CT molecular complexity index is 258. The monoisotopic (exact) mass is 252 g/mol. The molecule has 0 amide bonds. The summed E-state index contributed by atoms with van der Waals surface area (Å²) in [5.74, 6) is 0.838. The third-order valence-electron chi connectivity index (χ3n) is 4.97. The molecular weight excluding hydrogens is 220 g/mol. The molecule has 2 rings (SSSR count). The average molecular weight is 252 g/mol. The van der Waals surface area contributed by atoms with Gasteiger partial charge in [-0.2, -0.15) is 0 Å². The molecule has 1 N–H and O–H groups in total. The molecule has 2 aliphatic rings. The lowest BCUT2D eigenvalue weighted by atomic mass is 9.70. The van der Waals surface area contributed by atoms with Crippen LogP contribution in [-0.2, 0) is 0 Å². The first-order valence-corrected chi connectivity index (χ1v) is 7.99. The second-order valence-corrected chi connectivity index (χ2v) is 7.30. The van der Waals surface area contributed by atoms with Crippen LogP contribution < -0.4 is 5.32 Å². The Morgan fingerprint density at radius 3 is 2.50 bits per heavy atom. The summed E-state index contributed by atoms with van der Waals surface area (Å²) < 4.78 is 0. The predicted molar refractivity (Wildman–Crippen MR) is 78.9 cm³/mol. The molecule has 2 fully saturated rings. The highest BCUT2D eigenvalue weighted by Crippen LogP contribution is 2.38. The van der Waals surface area contributed by atoms with Crippen molar-refractivity contribution in [3.05, 3.63) is 0 Å². The molecule has 0 aromatic rings. The normalized spacial score (nSPS) is 31.8. The molecule has 18 heavy (non-hydrogen) atoms. The van der Waals surface area contributed by atoms with E-state index in [0.29, 0.717) is 5.41 Å². The molecule has 2 nitrogen and oxygen atoms in total. The molecule has 0 radical (unpaired) electrons. The summed E-state index contributed by atoms with van der Waals surface area (Å²) in [7, 11) is 0. The van der Waals surface area contributed by atoms with E-state index in [-0.39, 0.29) is 0 Å². The van der Waals surface area contributed by atoms with Crippen LogP contribution in [0.1, 0.15) is 59.8 Å². The Labute approximate surface area is 114 Å². The van der Waals surface area contributed by atoms with Gasteiger partial charge in [-0.1, -0.05) is 27.7 Å². The predicted octanol–water partition coefficient (Wildman–Crippen LogP) is 3.28. The molecule has 0 aromatic carbocycles. The highest BCUT2D eigenvalue weighted by Gasteiger charge is 2.32. The molecular formula is C16H32N2. The SMILES string of the molecule is CCN(CCNC1CCC(C)(C)CC1C)C1CC1. The number of rotatable bonds is 6. The summed E-state index contributed by atoms with van der Waals surface area (Å²) in [6.45, 7) is 13.2. The minimum Gasteiger partial charge on any atom is -0.312 e. The summed E-state index contributed by atoms with van der Waals surface area (Å²) in [4.78, 5) is 2.64. The van der Waals surface area contributed by atoms with Crippen molar-refractivity contribution in [2.75, 3.05) is 19.6 Å². The van der Waals surface area contributed by atoms with Crippen LogP contribution in [0.3, 0.4) is 0 Å². The average Bonchev–Trinajstić information content (AvgIpc) is 3.10. The van der Waals surface area contributed by atoms with E-state index in [0.717, 1.165) is 18.0 Å². The standard InChI is InChI=1S/C16H32N2/c1-5-18(14-6-7-14)11-10-17-15-8-9-16(3,4)12-13(15)2/h13-15,17H,5-12H2,1-4H3. The van der Waals surface area contributed by atoms with Crippen LogP contribution in [0, 0.1) is 11.3 Å². The lowest BCUT2D eigenvalue weighted by Crippen LogP contribution is -2.44. The zero-order chi connectivity index (χ0) is 13.2. The van der Waals surface area contributed by atoms with Gasteiger partial charge in [-0.15, -0.1) is 0 Å². The highest BCUT2D eigenvalue weighted by molar-refractivity contribution is 4.88. The quantitative estimate of drug-likeness (QED) is 0.780. The summed E-state index contributed by atoms with van der Waals surface area (Å²) in [5, 5.41) is 3.81. The fourth-order valence-electron chi connectivity index (χ4n) is 3.68. The second-order valence-electron chi connectivity index (χ2n) is 7.30. The van der Waals surface area contributed by atoms with Gasteiger partial charge >= 0.3 is 0 Å². The maximum absolute atomic E-state index is 3.81. The lowest BCUT2D eigenvalue weighted by molar-refractivity contribution is 0.145. The van der Waals surface area contributed by atoms with Crippen LogP contribution in [0.2, 0.25) is 0 Å². The van der Waals surface area contributed by atoms with Crippen LogP contribution in [0.4, 0.5) is 0 Å². The molecule has 0 spiro atoms. The molecule has 0 aliphatic heterocycles. The maximum atomic E-state index is 3.81. The van der Waals surface area contributed by atoms with Crippen LogP contribution in [0.5, 0.6) is 0 Å².